The van der Waals surface area contributed by atoms with Crippen molar-refractivity contribution >= 4 is 5.57 Å². The second-order valence-corrected chi connectivity index (χ2v) is 7.82. The monoisotopic (exact) mass is 369 g/mol. The summed E-state index contributed by atoms with van der Waals surface area (Å²) in [6.45, 7) is 6.15. The average Bonchev–Trinajstić information content (AvgIpc) is 3.22. The van der Waals surface area contributed by atoms with Crippen molar-refractivity contribution in [2.24, 2.45) is 5.73 Å². The van der Waals surface area contributed by atoms with Crippen molar-refractivity contribution in [3.05, 3.63) is 53.6 Å². The van der Waals surface area contributed by atoms with Gasteiger partial charge >= 0.3 is 0 Å². The Morgan fingerprint density at radius 1 is 1.22 bits per heavy atom. The Kier molecular flexibility index (Phi) is 9.82. The minimum atomic E-state index is 0.443. The van der Waals surface area contributed by atoms with Gasteiger partial charge in [-0.15, -0.1) is 0 Å². The molecular formula is C24H39N3. The maximum absolute atomic E-state index is 6.06. The van der Waals surface area contributed by atoms with E-state index in [1.54, 1.807) is 0 Å². The lowest BCUT2D eigenvalue weighted by Gasteiger charge is -2.18. The number of rotatable bonds is 11. The molecule has 150 valence electrons. The Hall–Kier alpha value is -1.42. The highest BCUT2D eigenvalue weighted by Crippen LogP contribution is 2.23. The number of hydrogen-bond acceptors (Lipinski definition) is 3. The summed E-state index contributed by atoms with van der Waals surface area (Å²) in [6.07, 6.45) is 14.2. The van der Waals surface area contributed by atoms with Crippen LogP contribution in [0.25, 0.3) is 5.57 Å². The fraction of sp³-hybridized carbons (Fsp3) is 0.583. The zero-order valence-electron chi connectivity index (χ0n) is 17.5. The van der Waals surface area contributed by atoms with E-state index in [1.165, 1.54) is 42.4 Å². The van der Waals surface area contributed by atoms with Crippen LogP contribution in [0.4, 0.5) is 0 Å². The van der Waals surface area contributed by atoms with Crippen LogP contribution in [0.3, 0.4) is 0 Å². The van der Waals surface area contributed by atoms with E-state index in [-0.39, 0.29) is 0 Å². The van der Waals surface area contributed by atoms with Crippen molar-refractivity contribution in [3.63, 3.8) is 0 Å². The molecule has 0 bridgehead atoms. The van der Waals surface area contributed by atoms with Gasteiger partial charge in [0.15, 0.2) is 0 Å². The van der Waals surface area contributed by atoms with Crippen LogP contribution in [0.5, 0.6) is 0 Å². The second kappa shape index (κ2) is 12.1. The van der Waals surface area contributed by atoms with E-state index in [1.807, 2.05) is 7.05 Å². The normalized spacial score (nSPS) is 18.3. The van der Waals surface area contributed by atoms with Gasteiger partial charge < -0.3 is 16.4 Å². The van der Waals surface area contributed by atoms with Gasteiger partial charge in [-0.05, 0) is 75.4 Å². The molecule has 4 N–H and O–H groups in total. The molecule has 3 nitrogen and oxygen atoms in total. The number of likely N-dealkylation sites (N-methyl/N-ethyl adjacent to an activating group) is 1. The number of hydrogen-bond donors (Lipinski definition) is 3. The number of nitrogens with two attached hydrogens (primary N) is 1. The Bertz CT molecular complexity index is 578. The second-order valence-electron chi connectivity index (χ2n) is 7.82. The maximum atomic E-state index is 6.06. The van der Waals surface area contributed by atoms with Crippen molar-refractivity contribution in [2.75, 3.05) is 20.1 Å². The molecule has 0 aromatic heterocycles. The van der Waals surface area contributed by atoms with Crippen LogP contribution in [0.15, 0.2) is 42.5 Å². The van der Waals surface area contributed by atoms with E-state index in [2.05, 4.69) is 67.0 Å². The van der Waals surface area contributed by atoms with Gasteiger partial charge in [-0.3, -0.25) is 0 Å². The van der Waals surface area contributed by atoms with Crippen LogP contribution in [0.1, 0.15) is 69.4 Å². The summed E-state index contributed by atoms with van der Waals surface area (Å²) in [5.74, 6) is 0.443. The summed E-state index contributed by atoms with van der Waals surface area (Å²) in [4.78, 5) is 0. The van der Waals surface area contributed by atoms with Crippen molar-refractivity contribution in [1.82, 2.24) is 10.6 Å². The largest absolute Gasteiger partial charge is 0.330 e. The lowest BCUT2D eigenvalue weighted by Crippen LogP contribution is -2.29. The van der Waals surface area contributed by atoms with E-state index >= 15 is 0 Å². The van der Waals surface area contributed by atoms with Gasteiger partial charge in [0.25, 0.3) is 0 Å². The van der Waals surface area contributed by atoms with Crippen molar-refractivity contribution < 1.29 is 0 Å². The molecule has 3 heteroatoms. The Labute approximate surface area is 166 Å². The van der Waals surface area contributed by atoms with Crippen LogP contribution < -0.4 is 16.4 Å². The van der Waals surface area contributed by atoms with Gasteiger partial charge in [0, 0.05) is 12.1 Å². The molecule has 1 fully saturated rings. The fourth-order valence-corrected chi connectivity index (χ4v) is 3.90. The molecule has 0 heterocycles. The molecule has 2 atom stereocenters. The van der Waals surface area contributed by atoms with Gasteiger partial charge in [0.05, 0.1) is 0 Å². The lowest BCUT2D eigenvalue weighted by atomic mass is 9.93. The predicted octanol–water partition coefficient (Wildman–Crippen LogP) is 4.61. The van der Waals surface area contributed by atoms with Gasteiger partial charge in [0.2, 0.25) is 0 Å². The van der Waals surface area contributed by atoms with E-state index < -0.39 is 0 Å². The van der Waals surface area contributed by atoms with Crippen molar-refractivity contribution in [2.45, 2.75) is 70.4 Å². The van der Waals surface area contributed by atoms with Crippen LogP contribution in [-0.4, -0.2) is 32.2 Å². The molecule has 2 unspecified atom stereocenters. The summed E-state index contributed by atoms with van der Waals surface area (Å²) in [5, 5.41) is 7.00. The molecule has 1 aromatic rings. The molecule has 1 aliphatic carbocycles. The standard InChI is InChI=1S/C24H39N3/c1-4-23(26-3)11-7-8-19(2)20-12-14-21(15-13-20)22(18-25)16-17-27-24-9-5-6-10-24/h7-8,11-15,22-24,26-27H,4-6,9-10,16-18,25H2,1-3H3/b11-7-,19-8+. The Morgan fingerprint density at radius 2 is 1.93 bits per heavy atom. The van der Waals surface area contributed by atoms with Crippen molar-refractivity contribution in [1.29, 1.82) is 0 Å². The molecule has 2 rings (SSSR count). The topological polar surface area (TPSA) is 50.1 Å². The highest BCUT2D eigenvalue weighted by Gasteiger charge is 2.15. The van der Waals surface area contributed by atoms with Gasteiger partial charge in [-0.2, -0.15) is 0 Å². The summed E-state index contributed by atoms with van der Waals surface area (Å²) >= 11 is 0. The average molecular weight is 370 g/mol. The highest BCUT2D eigenvalue weighted by molar-refractivity contribution is 5.65. The SMILES string of the molecule is CCC(/C=C\C=C(/C)c1ccc(C(CN)CCNC2CCCC2)cc1)NC. The molecule has 1 aromatic carbocycles. The van der Waals surface area contributed by atoms with Crippen LogP contribution >= 0.6 is 0 Å². The minimum absolute atomic E-state index is 0.443. The molecule has 0 saturated heterocycles. The van der Waals surface area contributed by atoms with E-state index in [9.17, 15) is 0 Å². The van der Waals surface area contributed by atoms with Gasteiger partial charge in [-0.25, -0.2) is 0 Å². The first kappa shape index (κ1) is 21.9. The van der Waals surface area contributed by atoms with Crippen LogP contribution in [0.2, 0.25) is 0 Å². The molecule has 0 radical (unpaired) electrons. The summed E-state index contributed by atoms with van der Waals surface area (Å²) < 4.78 is 0. The fourth-order valence-electron chi connectivity index (χ4n) is 3.90. The van der Waals surface area contributed by atoms with Crippen LogP contribution in [-0.2, 0) is 0 Å². The van der Waals surface area contributed by atoms with E-state index in [0.717, 1.165) is 25.4 Å². The van der Waals surface area contributed by atoms with Crippen molar-refractivity contribution in [3.8, 4) is 0 Å². The zero-order chi connectivity index (χ0) is 19.5. The summed E-state index contributed by atoms with van der Waals surface area (Å²) in [7, 11) is 2.00. The lowest BCUT2D eigenvalue weighted by molar-refractivity contribution is 0.490. The van der Waals surface area contributed by atoms with E-state index in [4.69, 9.17) is 5.73 Å². The van der Waals surface area contributed by atoms with E-state index in [0.29, 0.717) is 18.5 Å². The number of allylic oxidation sites excluding steroid dienone is 3. The number of benzene rings is 1. The first-order valence-corrected chi connectivity index (χ1v) is 10.7. The maximum Gasteiger partial charge on any atom is 0.0247 e. The Balaban J connectivity index is 1.89. The quantitative estimate of drug-likeness (QED) is 0.499. The van der Waals surface area contributed by atoms with Gasteiger partial charge in [0.1, 0.15) is 0 Å². The third-order valence-corrected chi connectivity index (χ3v) is 5.90. The first-order chi connectivity index (χ1) is 13.2. The molecule has 0 aliphatic heterocycles. The highest BCUT2D eigenvalue weighted by atomic mass is 14.9. The minimum Gasteiger partial charge on any atom is -0.330 e. The molecule has 27 heavy (non-hydrogen) atoms. The molecule has 1 aliphatic rings. The molecule has 0 spiro atoms. The zero-order valence-corrected chi connectivity index (χ0v) is 17.5. The first-order valence-electron chi connectivity index (χ1n) is 10.7. The third-order valence-electron chi connectivity index (χ3n) is 5.90. The molecular weight excluding hydrogens is 330 g/mol. The summed E-state index contributed by atoms with van der Waals surface area (Å²) in [6, 6.07) is 10.2. The smallest absolute Gasteiger partial charge is 0.0247 e. The van der Waals surface area contributed by atoms with Crippen LogP contribution in [0, 0.1) is 0 Å². The molecule has 0 amide bonds. The van der Waals surface area contributed by atoms with Gasteiger partial charge in [-0.1, -0.05) is 62.3 Å². The predicted molar refractivity (Wildman–Crippen MR) is 119 cm³/mol. The third kappa shape index (κ3) is 7.25. The number of nitrogens with one attached hydrogen (secondary N) is 2. The Morgan fingerprint density at radius 3 is 2.52 bits per heavy atom. The molecule has 1 saturated carbocycles. The summed E-state index contributed by atoms with van der Waals surface area (Å²) in [5.41, 5.74) is 9.99.